The minimum atomic E-state index is -0.00811. The Labute approximate surface area is 175 Å². The average molecular weight is 407 g/mol. The van der Waals surface area contributed by atoms with Gasteiger partial charge in [-0.15, -0.1) is 0 Å². The van der Waals surface area contributed by atoms with Crippen molar-refractivity contribution >= 4 is 5.96 Å². The lowest BCUT2D eigenvalue weighted by molar-refractivity contribution is -0.0946. The Morgan fingerprint density at radius 1 is 1.14 bits per heavy atom. The summed E-state index contributed by atoms with van der Waals surface area (Å²) >= 11 is 0. The number of nitrogens with one attached hydrogen (secondary N) is 2. The first-order valence-corrected chi connectivity index (χ1v) is 10.4. The maximum atomic E-state index is 5.88. The van der Waals surface area contributed by atoms with E-state index >= 15 is 0 Å². The molecule has 0 radical (unpaired) electrons. The normalized spacial score (nSPS) is 21.0. The quantitative estimate of drug-likeness (QED) is 0.511. The van der Waals surface area contributed by atoms with Crippen LogP contribution in [0.25, 0.3) is 0 Å². The lowest BCUT2D eigenvalue weighted by Crippen LogP contribution is -2.59. The molecule has 0 saturated carbocycles. The molecule has 1 saturated heterocycles. The zero-order valence-electron chi connectivity index (χ0n) is 19.0. The minimum absolute atomic E-state index is 0.00811. The van der Waals surface area contributed by atoms with Gasteiger partial charge in [0.2, 0.25) is 0 Å². The number of ether oxygens (including phenoxy) is 3. The Morgan fingerprint density at radius 2 is 1.79 bits per heavy atom. The lowest BCUT2D eigenvalue weighted by atomic mass is 10.00. The number of nitrogens with zero attached hydrogens (tertiary/aromatic N) is 2. The molecule has 2 atom stereocenters. The molecule has 29 heavy (non-hydrogen) atoms. The van der Waals surface area contributed by atoms with Crippen molar-refractivity contribution < 1.29 is 14.2 Å². The van der Waals surface area contributed by atoms with Gasteiger partial charge in [-0.3, -0.25) is 4.90 Å². The van der Waals surface area contributed by atoms with Crippen LogP contribution in [0.2, 0.25) is 0 Å². The van der Waals surface area contributed by atoms with E-state index in [2.05, 4.69) is 50.2 Å². The predicted molar refractivity (Wildman–Crippen MR) is 118 cm³/mol. The van der Waals surface area contributed by atoms with E-state index in [-0.39, 0.29) is 17.7 Å². The van der Waals surface area contributed by atoms with Crippen molar-refractivity contribution in [3.63, 3.8) is 0 Å². The van der Waals surface area contributed by atoms with Crippen molar-refractivity contribution in [3.05, 3.63) is 23.8 Å². The number of hydrogen-bond acceptors (Lipinski definition) is 5. The molecule has 1 aliphatic rings. The number of benzene rings is 1. The molecule has 2 unspecified atom stereocenters. The van der Waals surface area contributed by atoms with Gasteiger partial charge in [0.05, 0.1) is 33.0 Å². The number of aliphatic imine (C=N–C) groups is 1. The maximum Gasteiger partial charge on any atom is 0.191 e. The van der Waals surface area contributed by atoms with Crippen LogP contribution in [0.5, 0.6) is 11.5 Å². The fraction of sp³-hybridized carbons (Fsp3) is 0.682. The van der Waals surface area contributed by atoms with E-state index in [1.54, 1.807) is 14.2 Å². The van der Waals surface area contributed by atoms with E-state index in [1.165, 1.54) is 0 Å². The van der Waals surface area contributed by atoms with Gasteiger partial charge in [0.15, 0.2) is 17.5 Å². The second-order valence-electron chi connectivity index (χ2n) is 8.21. The fourth-order valence-electron chi connectivity index (χ4n) is 3.58. The summed E-state index contributed by atoms with van der Waals surface area (Å²) in [6, 6.07) is 5.88. The first-order chi connectivity index (χ1) is 13.8. The molecule has 164 valence electrons. The first kappa shape index (κ1) is 23.3. The highest BCUT2D eigenvalue weighted by atomic mass is 16.5. The lowest BCUT2D eigenvalue weighted by Gasteiger charge is -2.45. The van der Waals surface area contributed by atoms with E-state index in [0.717, 1.165) is 49.2 Å². The molecule has 7 nitrogen and oxygen atoms in total. The Hall–Kier alpha value is -1.99. The molecule has 1 aliphatic heterocycles. The fourth-order valence-corrected chi connectivity index (χ4v) is 3.58. The molecule has 1 aromatic carbocycles. The smallest absolute Gasteiger partial charge is 0.191 e. The van der Waals surface area contributed by atoms with E-state index < -0.39 is 0 Å². The zero-order chi connectivity index (χ0) is 21.4. The van der Waals surface area contributed by atoms with Crippen LogP contribution in [-0.2, 0) is 11.3 Å². The molecule has 7 heteroatoms. The molecular weight excluding hydrogens is 368 g/mol. The summed E-state index contributed by atoms with van der Waals surface area (Å²) in [6.45, 7) is 14.9. The molecule has 0 spiro atoms. The summed E-state index contributed by atoms with van der Waals surface area (Å²) < 4.78 is 16.6. The largest absolute Gasteiger partial charge is 0.493 e. The first-order valence-electron chi connectivity index (χ1n) is 10.4. The van der Waals surface area contributed by atoms with Gasteiger partial charge < -0.3 is 24.8 Å². The molecule has 2 rings (SSSR count). The number of methoxy groups -OCH3 is 2. The molecule has 0 bridgehead atoms. The van der Waals surface area contributed by atoms with Crippen LogP contribution >= 0.6 is 0 Å². The van der Waals surface area contributed by atoms with Gasteiger partial charge in [0.25, 0.3) is 0 Å². The van der Waals surface area contributed by atoms with E-state index in [9.17, 15) is 0 Å². The summed E-state index contributed by atoms with van der Waals surface area (Å²) in [6.07, 6.45) is 0.509. The second kappa shape index (κ2) is 10.7. The molecule has 0 aromatic heterocycles. The third-order valence-corrected chi connectivity index (χ3v) is 5.18. The Kier molecular flexibility index (Phi) is 8.59. The van der Waals surface area contributed by atoms with Crippen molar-refractivity contribution in [2.45, 2.75) is 58.9 Å². The third kappa shape index (κ3) is 6.78. The molecule has 1 heterocycles. The molecule has 1 aromatic rings. The van der Waals surface area contributed by atoms with Gasteiger partial charge in [0.1, 0.15) is 0 Å². The summed E-state index contributed by atoms with van der Waals surface area (Å²) in [7, 11) is 3.28. The van der Waals surface area contributed by atoms with Gasteiger partial charge in [-0.1, -0.05) is 6.07 Å². The summed E-state index contributed by atoms with van der Waals surface area (Å²) in [5.41, 5.74) is 1.06. The number of morpholine rings is 1. The van der Waals surface area contributed by atoms with Crippen LogP contribution in [0, 0.1) is 0 Å². The van der Waals surface area contributed by atoms with Crippen LogP contribution in [0.4, 0.5) is 0 Å². The third-order valence-electron chi connectivity index (χ3n) is 5.18. The molecule has 0 aliphatic carbocycles. The summed E-state index contributed by atoms with van der Waals surface area (Å²) in [5, 5.41) is 6.85. The van der Waals surface area contributed by atoms with E-state index in [1.807, 2.05) is 18.2 Å². The Bertz CT molecular complexity index is 668. The van der Waals surface area contributed by atoms with Gasteiger partial charge in [-0.2, -0.15) is 0 Å². The van der Waals surface area contributed by atoms with Crippen LogP contribution in [0.1, 0.15) is 40.2 Å². The Morgan fingerprint density at radius 3 is 2.38 bits per heavy atom. The zero-order valence-corrected chi connectivity index (χ0v) is 19.0. The van der Waals surface area contributed by atoms with Crippen molar-refractivity contribution in [2.24, 2.45) is 4.99 Å². The number of guanidine groups is 1. The van der Waals surface area contributed by atoms with Crippen molar-refractivity contribution in [1.29, 1.82) is 0 Å². The highest BCUT2D eigenvalue weighted by molar-refractivity contribution is 5.79. The van der Waals surface area contributed by atoms with E-state index in [0.29, 0.717) is 6.54 Å². The second-order valence-corrected chi connectivity index (χ2v) is 8.21. The van der Waals surface area contributed by atoms with Crippen molar-refractivity contribution in [1.82, 2.24) is 15.5 Å². The maximum absolute atomic E-state index is 5.88. The summed E-state index contributed by atoms with van der Waals surface area (Å²) in [5.74, 6) is 2.25. The Balaban J connectivity index is 2.01. The van der Waals surface area contributed by atoms with Gasteiger partial charge in [-0.25, -0.2) is 4.99 Å². The average Bonchev–Trinajstić information content (AvgIpc) is 2.69. The molecule has 0 amide bonds. The number of hydrogen-bond donors (Lipinski definition) is 2. The van der Waals surface area contributed by atoms with Gasteiger partial charge in [-0.05, 0) is 52.3 Å². The van der Waals surface area contributed by atoms with Crippen LogP contribution < -0.4 is 20.1 Å². The van der Waals surface area contributed by atoms with Crippen LogP contribution in [0.3, 0.4) is 0 Å². The highest BCUT2D eigenvalue weighted by Gasteiger charge is 2.33. The predicted octanol–water partition coefficient (Wildman–Crippen LogP) is 2.65. The van der Waals surface area contributed by atoms with E-state index in [4.69, 9.17) is 19.2 Å². The van der Waals surface area contributed by atoms with Crippen molar-refractivity contribution in [3.8, 4) is 11.5 Å². The highest BCUT2D eigenvalue weighted by Crippen LogP contribution is 2.27. The minimum Gasteiger partial charge on any atom is -0.493 e. The molecule has 1 fully saturated rings. The topological polar surface area (TPSA) is 67.4 Å². The van der Waals surface area contributed by atoms with Crippen LogP contribution in [0.15, 0.2) is 23.2 Å². The standard InChI is InChI=1S/C22H38N4O3/c1-8-23-21(24-12-18-9-10-19(27-6)20(11-18)28-7)25-15-22(4,5)26-13-16(2)29-17(3)14-26/h9-11,16-17H,8,12-15H2,1-7H3,(H2,23,24,25). The van der Waals surface area contributed by atoms with Gasteiger partial charge in [0, 0.05) is 31.7 Å². The molecule has 2 N–H and O–H groups in total. The SMILES string of the molecule is CCNC(=NCc1ccc(OC)c(OC)c1)NCC(C)(C)N1CC(C)OC(C)C1. The van der Waals surface area contributed by atoms with Gasteiger partial charge >= 0.3 is 0 Å². The number of rotatable bonds is 8. The monoisotopic (exact) mass is 406 g/mol. The molecular formula is C22H38N4O3. The van der Waals surface area contributed by atoms with Crippen LogP contribution in [-0.4, -0.2) is 69.0 Å². The summed E-state index contributed by atoms with van der Waals surface area (Å²) in [4.78, 5) is 7.24. The van der Waals surface area contributed by atoms with Crippen molar-refractivity contribution in [2.75, 3.05) is 40.4 Å².